The summed E-state index contributed by atoms with van der Waals surface area (Å²) in [6.07, 6.45) is 5.53. The van der Waals surface area contributed by atoms with E-state index in [0.717, 1.165) is 22.3 Å². The Morgan fingerprint density at radius 3 is 2.94 bits per heavy atom. The van der Waals surface area contributed by atoms with Crippen LogP contribution in [-0.4, -0.2) is 27.6 Å². The van der Waals surface area contributed by atoms with Crippen molar-refractivity contribution >= 4 is 24.3 Å². The van der Waals surface area contributed by atoms with Crippen LogP contribution in [0.5, 0.6) is 0 Å². The van der Waals surface area contributed by atoms with Crippen molar-refractivity contribution < 1.29 is 0 Å². The van der Waals surface area contributed by atoms with Crippen LogP contribution in [0.25, 0.3) is 22.3 Å². The molecule has 0 unspecified atom stereocenters. The van der Waals surface area contributed by atoms with Crippen molar-refractivity contribution in [2.24, 2.45) is 0 Å². The topological polar surface area (TPSA) is 46.5 Å². The highest BCUT2D eigenvalue weighted by Gasteiger charge is 2.10. The zero-order valence-electron chi connectivity index (χ0n) is 10.4. The average molecular weight is 236 g/mol. The number of hydrogen-bond acceptors (Lipinski definition) is 2. The van der Waals surface area contributed by atoms with Gasteiger partial charge >= 0.3 is 0 Å². The van der Waals surface area contributed by atoms with E-state index < -0.39 is 0 Å². The molecule has 0 amide bonds. The maximum Gasteiger partial charge on any atom is 0.137 e. The highest BCUT2D eigenvalue weighted by Crippen LogP contribution is 2.19. The normalized spacial score (nSPS) is 11.5. The highest BCUT2D eigenvalue weighted by molar-refractivity contribution is 6.35. The van der Waals surface area contributed by atoms with Crippen molar-refractivity contribution in [2.75, 3.05) is 0 Å². The van der Waals surface area contributed by atoms with Gasteiger partial charge in [0, 0.05) is 35.6 Å². The lowest BCUT2D eigenvalue weighted by molar-refractivity contribution is 0.534. The van der Waals surface area contributed by atoms with Crippen molar-refractivity contribution in [1.82, 2.24) is 19.7 Å². The summed E-state index contributed by atoms with van der Waals surface area (Å²) in [6.45, 7) is 4.15. The Kier molecular flexibility index (Phi) is 2.47. The van der Waals surface area contributed by atoms with E-state index in [1.807, 2.05) is 29.2 Å². The summed E-state index contributed by atoms with van der Waals surface area (Å²) in [5.74, 6) is 0. The number of aromatic nitrogens is 4. The molecule has 3 aromatic heterocycles. The Hall–Kier alpha value is -2.04. The van der Waals surface area contributed by atoms with Crippen LogP contribution in [0.3, 0.4) is 0 Å². The molecule has 18 heavy (non-hydrogen) atoms. The van der Waals surface area contributed by atoms with Crippen LogP contribution in [0.4, 0.5) is 0 Å². The molecule has 0 bridgehead atoms. The minimum atomic E-state index is 0.296. The summed E-state index contributed by atoms with van der Waals surface area (Å²) in [6, 6.07) is 4.33. The fourth-order valence-electron chi connectivity index (χ4n) is 1.96. The molecule has 0 aliphatic carbocycles. The van der Waals surface area contributed by atoms with E-state index in [4.69, 9.17) is 7.85 Å². The third-order valence-corrected chi connectivity index (χ3v) is 2.96. The van der Waals surface area contributed by atoms with Crippen molar-refractivity contribution in [3.63, 3.8) is 0 Å². The van der Waals surface area contributed by atoms with Gasteiger partial charge in [-0.25, -0.2) is 4.98 Å². The summed E-state index contributed by atoms with van der Waals surface area (Å²) in [4.78, 5) is 7.42. The summed E-state index contributed by atoms with van der Waals surface area (Å²) in [7, 11) is 6.01. The molecule has 0 spiro atoms. The second kappa shape index (κ2) is 4.01. The molecule has 0 aromatic carbocycles. The maximum atomic E-state index is 6.01. The molecule has 0 aliphatic heterocycles. The van der Waals surface area contributed by atoms with Gasteiger partial charge in [0.25, 0.3) is 0 Å². The summed E-state index contributed by atoms with van der Waals surface area (Å²) in [5.41, 5.74) is 3.29. The molecular formula is C13H13BN4. The minimum Gasteiger partial charge on any atom is -0.346 e. The van der Waals surface area contributed by atoms with Crippen molar-refractivity contribution in [3.8, 4) is 11.3 Å². The molecule has 0 fully saturated rings. The summed E-state index contributed by atoms with van der Waals surface area (Å²) >= 11 is 0. The molecule has 0 saturated heterocycles. The molecule has 2 radical (unpaired) electrons. The van der Waals surface area contributed by atoms with E-state index in [1.165, 1.54) is 0 Å². The molecular weight excluding hydrogens is 223 g/mol. The lowest BCUT2D eigenvalue weighted by atomic mass is 9.94. The summed E-state index contributed by atoms with van der Waals surface area (Å²) < 4.78 is 1.87. The highest BCUT2D eigenvalue weighted by atomic mass is 15.3. The van der Waals surface area contributed by atoms with E-state index in [-0.39, 0.29) is 0 Å². The van der Waals surface area contributed by atoms with Gasteiger partial charge in [0.15, 0.2) is 0 Å². The molecule has 0 saturated carbocycles. The van der Waals surface area contributed by atoms with Crippen LogP contribution in [0.1, 0.15) is 19.9 Å². The van der Waals surface area contributed by atoms with Crippen LogP contribution in [0.2, 0.25) is 0 Å². The standard InChI is InChI=1S/C13H13BN4/c1-8(2)18-7-11(14)12(17-18)10-5-9-3-4-15-13(9)16-6-10/h3-8H,1-2H3,(H,15,16). The molecule has 88 valence electrons. The van der Waals surface area contributed by atoms with E-state index in [2.05, 4.69) is 28.9 Å². The number of H-pyrrole nitrogens is 1. The Balaban J connectivity index is 2.13. The van der Waals surface area contributed by atoms with Gasteiger partial charge in [0.05, 0.1) is 5.69 Å². The Morgan fingerprint density at radius 1 is 1.39 bits per heavy atom. The number of aromatic amines is 1. The SMILES string of the molecule is [B]c1cn(C(C)C)nc1-c1cnc2[nH]ccc2c1. The van der Waals surface area contributed by atoms with Gasteiger partial charge < -0.3 is 4.98 Å². The first kappa shape index (κ1) is 11.1. The second-order valence-electron chi connectivity index (χ2n) is 4.65. The molecule has 0 atom stereocenters. The predicted molar refractivity (Wildman–Crippen MR) is 73.1 cm³/mol. The Morgan fingerprint density at radius 2 is 2.22 bits per heavy atom. The first-order valence-corrected chi connectivity index (χ1v) is 5.93. The van der Waals surface area contributed by atoms with Gasteiger partial charge in [-0.05, 0) is 26.0 Å². The second-order valence-corrected chi connectivity index (χ2v) is 4.65. The third kappa shape index (κ3) is 1.72. The van der Waals surface area contributed by atoms with Gasteiger partial charge in [-0.15, -0.1) is 0 Å². The number of hydrogen-bond donors (Lipinski definition) is 1. The molecule has 0 aliphatic rings. The first-order chi connectivity index (χ1) is 8.65. The van der Waals surface area contributed by atoms with Crippen LogP contribution >= 0.6 is 0 Å². The number of fused-ring (bicyclic) bond motifs is 1. The van der Waals surface area contributed by atoms with Gasteiger partial charge in [0.1, 0.15) is 13.5 Å². The average Bonchev–Trinajstić information content (AvgIpc) is 2.93. The molecule has 5 heteroatoms. The zero-order chi connectivity index (χ0) is 12.7. The molecule has 3 aromatic rings. The van der Waals surface area contributed by atoms with Crippen LogP contribution in [-0.2, 0) is 0 Å². The maximum absolute atomic E-state index is 6.01. The lowest BCUT2D eigenvalue weighted by Crippen LogP contribution is -2.03. The van der Waals surface area contributed by atoms with Crippen LogP contribution in [0, 0.1) is 0 Å². The van der Waals surface area contributed by atoms with Crippen molar-refractivity contribution in [2.45, 2.75) is 19.9 Å². The largest absolute Gasteiger partial charge is 0.346 e. The molecule has 3 heterocycles. The number of nitrogens with zero attached hydrogens (tertiary/aromatic N) is 3. The van der Waals surface area contributed by atoms with Crippen LogP contribution in [0.15, 0.2) is 30.7 Å². The minimum absolute atomic E-state index is 0.296. The molecule has 4 nitrogen and oxygen atoms in total. The van der Waals surface area contributed by atoms with Gasteiger partial charge in [-0.1, -0.05) is 5.46 Å². The van der Waals surface area contributed by atoms with Crippen LogP contribution < -0.4 is 5.46 Å². The van der Waals surface area contributed by atoms with Gasteiger partial charge in [-0.3, -0.25) is 4.68 Å². The number of rotatable bonds is 2. The smallest absolute Gasteiger partial charge is 0.137 e. The Labute approximate surface area is 106 Å². The Bertz CT molecular complexity index is 696. The summed E-state index contributed by atoms with van der Waals surface area (Å²) in [5, 5.41) is 5.57. The van der Waals surface area contributed by atoms with Crippen molar-refractivity contribution in [1.29, 1.82) is 0 Å². The van der Waals surface area contributed by atoms with E-state index >= 15 is 0 Å². The zero-order valence-corrected chi connectivity index (χ0v) is 10.4. The quantitative estimate of drug-likeness (QED) is 0.689. The van der Waals surface area contributed by atoms with E-state index in [0.29, 0.717) is 11.5 Å². The fraction of sp³-hybridized carbons (Fsp3) is 0.231. The number of pyridine rings is 1. The van der Waals surface area contributed by atoms with Crippen molar-refractivity contribution in [3.05, 3.63) is 30.7 Å². The van der Waals surface area contributed by atoms with E-state index in [1.54, 1.807) is 6.20 Å². The monoisotopic (exact) mass is 236 g/mol. The molecule has 1 N–H and O–H groups in total. The first-order valence-electron chi connectivity index (χ1n) is 5.93. The van der Waals surface area contributed by atoms with E-state index in [9.17, 15) is 0 Å². The van der Waals surface area contributed by atoms with Gasteiger partial charge in [0.2, 0.25) is 0 Å². The molecule has 3 rings (SSSR count). The van der Waals surface area contributed by atoms with Gasteiger partial charge in [-0.2, -0.15) is 5.10 Å². The lowest BCUT2D eigenvalue weighted by Gasteiger charge is -2.03. The third-order valence-electron chi connectivity index (χ3n) is 2.96. The predicted octanol–water partition coefficient (Wildman–Crippen LogP) is 1.80. The fourth-order valence-corrected chi connectivity index (χ4v) is 1.96. The number of nitrogens with one attached hydrogen (secondary N) is 1.